The first-order chi connectivity index (χ1) is 9.45. The van der Waals surface area contributed by atoms with Crippen molar-refractivity contribution in [3.63, 3.8) is 0 Å². The minimum atomic E-state index is -4.16. The molecule has 0 heterocycles. The fourth-order valence-electron chi connectivity index (χ4n) is 1.97. The third-order valence-electron chi connectivity index (χ3n) is 3.06. The number of unbranched alkanes of at least 4 members (excludes halogenated alkanes) is 9. The summed E-state index contributed by atoms with van der Waals surface area (Å²) < 4.78 is 29.4. The third-order valence-corrected chi connectivity index (χ3v) is 4.83. The number of carbonyl (C=O) groups is 1. The van der Waals surface area contributed by atoms with Crippen LogP contribution in [0.2, 0.25) is 0 Å². The lowest BCUT2D eigenvalue weighted by Gasteiger charge is -2.02. The maximum absolute atomic E-state index is 11.1. The van der Waals surface area contributed by atoms with Crippen LogP contribution in [0, 0.1) is 0 Å². The van der Waals surface area contributed by atoms with E-state index in [9.17, 15) is 13.2 Å². The molecule has 0 aromatic carbocycles. The number of hydrogen-bond donors (Lipinski definition) is 1. The fraction of sp³-hybridized carbons (Fsp3) is 0.929. The average molecular weight is 325 g/mol. The molecule has 1 N–H and O–H groups in total. The molecule has 0 aliphatic carbocycles. The molecule has 0 aromatic rings. The zero-order chi connectivity index (χ0) is 15.3. The molecule has 0 aromatic heterocycles. The molecule has 6 heteroatoms. The standard InChI is InChI=1S/C14H28O4S2/c1-2-3-4-5-6-7-8-9-10-11-12-19-14(15)13-20(16,17)18/h2-13H2,1H3,(H,16,17,18). The van der Waals surface area contributed by atoms with Crippen LogP contribution in [0.25, 0.3) is 0 Å². The Bertz CT molecular complexity index is 339. The molecule has 0 radical (unpaired) electrons. The summed E-state index contributed by atoms with van der Waals surface area (Å²) in [4.78, 5) is 11.1. The van der Waals surface area contributed by atoms with Crippen molar-refractivity contribution in [1.82, 2.24) is 0 Å². The summed E-state index contributed by atoms with van der Waals surface area (Å²) in [5.41, 5.74) is 0. The van der Waals surface area contributed by atoms with Crippen LogP contribution in [0.1, 0.15) is 71.1 Å². The first-order valence-corrected chi connectivity index (χ1v) is 10.2. The Morgan fingerprint density at radius 1 is 0.900 bits per heavy atom. The first-order valence-electron chi connectivity index (χ1n) is 7.56. The van der Waals surface area contributed by atoms with Gasteiger partial charge in [-0.1, -0.05) is 76.5 Å². The van der Waals surface area contributed by atoms with E-state index in [2.05, 4.69) is 6.92 Å². The van der Waals surface area contributed by atoms with E-state index < -0.39 is 21.0 Å². The topological polar surface area (TPSA) is 71.4 Å². The Labute approximate surface area is 127 Å². The summed E-state index contributed by atoms with van der Waals surface area (Å²) in [7, 11) is -4.16. The molecule has 20 heavy (non-hydrogen) atoms. The van der Waals surface area contributed by atoms with E-state index in [-0.39, 0.29) is 0 Å². The van der Waals surface area contributed by atoms with Gasteiger partial charge in [-0.2, -0.15) is 8.42 Å². The van der Waals surface area contributed by atoms with E-state index in [0.717, 1.165) is 24.6 Å². The first kappa shape index (κ1) is 19.9. The van der Waals surface area contributed by atoms with Crippen molar-refractivity contribution in [1.29, 1.82) is 0 Å². The molecule has 0 rings (SSSR count). The average Bonchev–Trinajstić information content (AvgIpc) is 2.34. The van der Waals surface area contributed by atoms with Gasteiger partial charge in [0.2, 0.25) is 5.12 Å². The van der Waals surface area contributed by atoms with Gasteiger partial charge in [-0.05, 0) is 6.42 Å². The van der Waals surface area contributed by atoms with Crippen LogP contribution in [-0.4, -0.2) is 29.6 Å². The molecule has 0 aliphatic heterocycles. The van der Waals surface area contributed by atoms with E-state index in [1.165, 1.54) is 51.4 Å². The monoisotopic (exact) mass is 324 g/mol. The second kappa shape index (κ2) is 12.7. The van der Waals surface area contributed by atoms with Crippen LogP contribution in [0.15, 0.2) is 0 Å². The lowest BCUT2D eigenvalue weighted by molar-refractivity contribution is -0.108. The fourth-order valence-corrected chi connectivity index (χ4v) is 3.62. The lowest BCUT2D eigenvalue weighted by Crippen LogP contribution is -2.12. The Hall–Kier alpha value is -0.0700. The van der Waals surface area contributed by atoms with Gasteiger partial charge in [0.05, 0.1) is 0 Å². The van der Waals surface area contributed by atoms with Gasteiger partial charge in [0.15, 0.2) is 0 Å². The van der Waals surface area contributed by atoms with Crippen molar-refractivity contribution in [2.75, 3.05) is 11.5 Å². The van der Waals surface area contributed by atoms with Crippen LogP contribution in [0.4, 0.5) is 0 Å². The molecule has 0 fully saturated rings. The molecule has 0 aliphatic rings. The maximum atomic E-state index is 11.1. The van der Waals surface area contributed by atoms with Crippen molar-refractivity contribution < 1.29 is 17.8 Å². The van der Waals surface area contributed by atoms with Crippen LogP contribution in [0.3, 0.4) is 0 Å². The molecule has 0 atom stereocenters. The normalized spacial score (nSPS) is 11.7. The van der Waals surface area contributed by atoms with Crippen molar-refractivity contribution >= 4 is 27.0 Å². The van der Waals surface area contributed by atoms with Gasteiger partial charge < -0.3 is 0 Å². The minimum Gasteiger partial charge on any atom is -0.286 e. The molecule has 0 saturated carbocycles. The van der Waals surface area contributed by atoms with Gasteiger partial charge in [0, 0.05) is 5.75 Å². The van der Waals surface area contributed by atoms with Crippen LogP contribution in [-0.2, 0) is 14.9 Å². The van der Waals surface area contributed by atoms with Crippen LogP contribution < -0.4 is 0 Å². The number of rotatable bonds is 13. The Kier molecular flexibility index (Phi) is 12.6. The minimum absolute atomic E-state index is 0.469. The maximum Gasteiger partial charge on any atom is 0.272 e. The zero-order valence-electron chi connectivity index (χ0n) is 12.5. The molecule has 0 amide bonds. The zero-order valence-corrected chi connectivity index (χ0v) is 14.1. The largest absolute Gasteiger partial charge is 0.286 e. The van der Waals surface area contributed by atoms with Crippen molar-refractivity contribution in [2.45, 2.75) is 71.1 Å². The highest BCUT2D eigenvalue weighted by Gasteiger charge is 2.12. The molecule has 0 spiro atoms. The van der Waals surface area contributed by atoms with Crippen molar-refractivity contribution in [3.05, 3.63) is 0 Å². The van der Waals surface area contributed by atoms with E-state index in [4.69, 9.17) is 4.55 Å². The summed E-state index contributed by atoms with van der Waals surface area (Å²) in [5.74, 6) is -0.125. The van der Waals surface area contributed by atoms with Gasteiger partial charge in [0.1, 0.15) is 5.75 Å². The van der Waals surface area contributed by atoms with Gasteiger partial charge in [-0.25, -0.2) is 0 Å². The molecule has 0 saturated heterocycles. The number of hydrogen-bond acceptors (Lipinski definition) is 4. The van der Waals surface area contributed by atoms with Gasteiger partial charge in [0.25, 0.3) is 10.1 Å². The summed E-state index contributed by atoms with van der Waals surface area (Å²) in [6.45, 7) is 2.22. The molecular formula is C14H28O4S2. The van der Waals surface area contributed by atoms with E-state index >= 15 is 0 Å². The third kappa shape index (κ3) is 16.0. The van der Waals surface area contributed by atoms with E-state index in [1.54, 1.807) is 0 Å². The Morgan fingerprint density at radius 3 is 1.80 bits per heavy atom. The molecule has 120 valence electrons. The van der Waals surface area contributed by atoms with Crippen LogP contribution in [0.5, 0.6) is 0 Å². The molecule has 0 bridgehead atoms. The van der Waals surface area contributed by atoms with Crippen molar-refractivity contribution in [3.8, 4) is 0 Å². The highest BCUT2D eigenvalue weighted by Crippen LogP contribution is 2.13. The molecular weight excluding hydrogens is 296 g/mol. The highest BCUT2D eigenvalue weighted by molar-refractivity contribution is 8.14. The molecule has 4 nitrogen and oxygen atoms in total. The smallest absolute Gasteiger partial charge is 0.272 e. The van der Waals surface area contributed by atoms with E-state index in [0.29, 0.717) is 5.75 Å². The summed E-state index contributed by atoms with van der Waals surface area (Å²) in [6.07, 6.45) is 12.4. The number of carbonyl (C=O) groups excluding carboxylic acids is 1. The highest BCUT2D eigenvalue weighted by atomic mass is 32.2. The Balaban J connectivity index is 3.23. The summed E-state index contributed by atoms with van der Waals surface area (Å²) >= 11 is 1.00. The van der Waals surface area contributed by atoms with Crippen molar-refractivity contribution in [2.24, 2.45) is 0 Å². The quantitative estimate of drug-likeness (QED) is 0.409. The second-order valence-electron chi connectivity index (χ2n) is 5.13. The summed E-state index contributed by atoms with van der Waals surface area (Å²) in [6, 6.07) is 0. The number of thioether (sulfide) groups is 1. The predicted molar refractivity (Wildman–Crippen MR) is 85.7 cm³/mol. The second-order valence-corrected chi connectivity index (χ2v) is 7.73. The lowest BCUT2D eigenvalue weighted by atomic mass is 10.1. The van der Waals surface area contributed by atoms with E-state index in [1.807, 2.05) is 0 Å². The summed E-state index contributed by atoms with van der Waals surface area (Å²) in [5, 5.41) is -0.469. The van der Waals surface area contributed by atoms with Gasteiger partial charge >= 0.3 is 0 Å². The van der Waals surface area contributed by atoms with Crippen LogP contribution >= 0.6 is 11.8 Å². The SMILES string of the molecule is CCCCCCCCCCCCSC(=O)CS(=O)(=O)O. The Morgan fingerprint density at radius 2 is 1.35 bits per heavy atom. The molecule has 0 unspecified atom stereocenters. The predicted octanol–water partition coefficient (Wildman–Crippen LogP) is 4.05. The van der Waals surface area contributed by atoms with Gasteiger partial charge in [-0.3, -0.25) is 9.35 Å². The van der Waals surface area contributed by atoms with Gasteiger partial charge in [-0.15, -0.1) is 0 Å².